The van der Waals surface area contributed by atoms with Crippen LogP contribution >= 0.6 is 0 Å². The number of benzene rings is 1. The summed E-state index contributed by atoms with van der Waals surface area (Å²) < 4.78 is 0. The maximum Gasteiger partial charge on any atom is 0.0385 e. The maximum atomic E-state index is 6.15. The van der Waals surface area contributed by atoms with Gasteiger partial charge in [-0.3, -0.25) is 0 Å². The predicted molar refractivity (Wildman–Crippen MR) is 85.8 cm³/mol. The molecule has 0 saturated carbocycles. The lowest BCUT2D eigenvalue weighted by Gasteiger charge is -2.20. The molecular weight excluding hydrogens is 218 g/mol. The van der Waals surface area contributed by atoms with E-state index in [0.717, 1.165) is 28.0 Å². The Kier molecular flexibility index (Phi) is 5.90. The molecule has 0 fully saturated rings. The molecule has 0 saturated heterocycles. The molecule has 0 heterocycles. The molecule has 1 heteroatoms. The zero-order chi connectivity index (χ0) is 14.6. The van der Waals surface area contributed by atoms with Gasteiger partial charge in [0.05, 0.1) is 0 Å². The van der Waals surface area contributed by atoms with E-state index in [1.807, 2.05) is 27.7 Å². The summed E-state index contributed by atoms with van der Waals surface area (Å²) in [5.41, 5.74) is 15.0. The molecule has 0 aliphatic heterocycles. The Morgan fingerprint density at radius 2 is 1.06 bits per heavy atom. The van der Waals surface area contributed by atoms with Gasteiger partial charge in [0.15, 0.2) is 0 Å². The third-order valence-electron chi connectivity index (χ3n) is 3.16. The highest BCUT2D eigenvalue weighted by molar-refractivity contribution is 5.82. The lowest BCUT2D eigenvalue weighted by molar-refractivity contribution is 1.26. The van der Waals surface area contributed by atoms with Gasteiger partial charge in [-0.1, -0.05) is 38.2 Å². The number of allylic oxidation sites excluding steroid dienone is 2. The van der Waals surface area contributed by atoms with Crippen molar-refractivity contribution < 1.29 is 0 Å². The van der Waals surface area contributed by atoms with E-state index in [1.54, 1.807) is 0 Å². The van der Waals surface area contributed by atoms with Crippen LogP contribution < -0.4 is 5.73 Å². The van der Waals surface area contributed by atoms with Crippen molar-refractivity contribution >= 4 is 16.8 Å². The molecule has 0 unspecified atom stereocenters. The Labute approximate surface area is 112 Å². The van der Waals surface area contributed by atoms with Crippen LogP contribution in [0.1, 0.15) is 55.5 Å². The number of nitrogen functional groups attached to an aromatic ring is 1. The van der Waals surface area contributed by atoms with Crippen molar-refractivity contribution in [2.45, 2.75) is 48.5 Å². The van der Waals surface area contributed by atoms with Crippen LogP contribution in [-0.2, 0) is 0 Å². The van der Waals surface area contributed by atoms with Crippen molar-refractivity contribution in [3.05, 3.63) is 41.0 Å². The van der Waals surface area contributed by atoms with Crippen molar-refractivity contribution in [3.63, 3.8) is 0 Å². The second-order valence-electron chi connectivity index (χ2n) is 4.60. The molecule has 100 valence electrons. The Bertz CT molecular complexity index is 438. The van der Waals surface area contributed by atoms with Crippen molar-refractivity contribution in [3.8, 4) is 0 Å². The first kappa shape index (κ1) is 16.5. The van der Waals surface area contributed by atoms with Crippen molar-refractivity contribution in [2.24, 2.45) is 0 Å². The summed E-state index contributed by atoms with van der Waals surface area (Å²) in [6.45, 7) is 22.3. The van der Waals surface area contributed by atoms with E-state index < -0.39 is 0 Å². The summed E-state index contributed by atoms with van der Waals surface area (Å²) in [6.07, 6.45) is 0. The highest BCUT2D eigenvalue weighted by Gasteiger charge is 2.15. The van der Waals surface area contributed by atoms with Crippen molar-refractivity contribution in [1.29, 1.82) is 0 Å². The number of hydrogen-bond acceptors (Lipinski definition) is 1. The topological polar surface area (TPSA) is 26.0 Å². The molecule has 1 aromatic rings. The van der Waals surface area contributed by atoms with Gasteiger partial charge in [-0.25, -0.2) is 0 Å². The molecule has 0 amide bonds. The molecule has 1 rings (SSSR count). The Morgan fingerprint density at radius 1 is 0.778 bits per heavy atom. The van der Waals surface area contributed by atoms with Gasteiger partial charge >= 0.3 is 0 Å². The summed E-state index contributed by atoms with van der Waals surface area (Å²) >= 11 is 0. The van der Waals surface area contributed by atoms with E-state index in [0.29, 0.717) is 0 Å². The highest BCUT2D eigenvalue weighted by Crippen LogP contribution is 2.35. The van der Waals surface area contributed by atoms with Crippen LogP contribution in [0.25, 0.3) is 11.1 Å². The normalized spacial score (nSPS) is 9.50. The molecule has 0 aliphatic carbocycles. The van der Waals surface area contributed by atoms with Crippen molar-refractivity contribution in [1.82, 2.24) is 0 Å². The molecule has 0 aliphatic rings. The highest BCUT2D eigenvalue weighted by atomic mass is 14.6. The average molecular weight is 245 g/mol. The van der Waals surface area contributed by atoms with Crippen LogP contribution in [0.15, 0.2) is 13.2 Å². The first-order chi connectivity index (χ1) is 8.29. The number of nitrogens with two attached hydrogens (primary N) is 1. The second kappa shape index (κ2) is 6.44. The summed E-state index contributed by atoms with van der Waals surface area (Å²) in [4.78, 5) is 0. The fraction of sp³-hybridized carbons (Fsp3) is 0.412. The number of hydrogen-bond donors (Lipinski definition) is 1. The summed E-state index contributed by atoms with van der Waals surface area (Å²) in [5.74, 6) is 0. The lowest BCUT2D eigenvalue weighted by atomic mass is 9.86. The lowest BCUT2D eigenvalue weighted by Crippen LogP contribution is -2.05. The molecule has 0 spiro atoms. The zero-order valence-electron chi connectivity index (χ0n) is 13.0. The Morgan fingerprint density at radius 3 is 1.28 bits per heavy atom. The first-order valence-electron chi connectivity index (χ1n) is 6.50. The fourth-order valence-corrected chi connectivity index (χ4v) is 2.52. The summed E-state index contributed by atoms with van der Waals surface area (Å²) in [7, 11) is 0. The van der Waals surface area contributed by atoms with E-state index >= 15 is 0 Å². The quantitative estimate of drug-likeness (QED) is 0.704. The molecule has 0 atom stereocenters. The predicted octanol–water partition coefficient (Wildman–Crippen LogP) is 5.29. The molecule has 0 aromatic heterocycles. The van der Waals surface area contributed by atoms with Gasteiger partial charge < -0.3 is 5.73 Å². The third kappa shape index (κ3) is 2.84. The largest absolute Gasteiger partial charge is 0.398 e. The van der Waals surface area contributed by atoms with Crippen LogP contribution in [0, 0.1) is 20.8 Å². The minimum atomic E-state index is 0.863. The van der Waals surface area contributed by atoms with Crippen LogP contribution in [0.3, 0.4) is 0 Å². The van der Waals surface area contributed by atoms with Crippen molar-refractivity contribution in [2.75, 3.05) is 5.73 Å². The number of anilines is 1. The van der Waals surface area contributed by atoms with Crippen LogP contribution in [0.4, 0.5) is 5.69 Å². The molecule has 18 heavy (non-hydrogen) atoms. The molecule has 1 nitrogen and oxygen atoms in total. The molecule has 0 radical (unpaired) electrons. The van der Waals surface area contributed by atoms with Gasteiger partial charge in [-0.05, 0) is 62.4 Å². The zero-order valence-corrected chi connectivity index (χ0v) is 13.0. The van der Waals surface area contributed by atoms with E-state index in [4.69, 9.17) is 5.73 Å². The van der Waals surface area contributed by atoms with E-state index in [9.17, 15) is 0 Å². The van der Waals surface area contributed by atoms with Gasteiger partial charge in [0, 0.05) is 5.69 Å². The minimum Gasteiger partial charge on any atom is -0.398 e. The van der Waals surface area contributed by atoms with E-state index in [2.05, 4.69) is 33.9 Å². The van der Waals surface area contributed by atoms with Gasteiger partial charge in [0.1, 0.15) is 0 Å². The van der Waals surface area contributed by atoms with Gasteiger partial charge in [0.2, 0.25) is 0 Å². The second-order valence-corrected chi connectivity index (χ2v) is 4.60. The third-order valence-corrected chi connectivity index (χ3v) is 3.16. The van der Waals surface area contributed by atoms with E-state index in [-0.39, 0.29) is 0 Å². The molecule has 1 aromatic carbocycles. The first-order valence-corrected chi connectivity index (χ1v) is 6.50. The van der Waals surface area contributed by atoms with Gasteiger partial charge in [0.25, 0.3) is 0 Å². The maximum absolute atomic E-state index is 6.15. The Balaban J connectivity index is 0.00000137. The van der Waals surface area contributed by atoms with Crippen LogP contribution in [0.5, 0.6) is 0 Å². The molecule has 2 N–H and O–H groups in total. The summed E-state index contributed by atoms with van der Waals surface area (Å²) in [6, 6.07) is 0. The molecule has 0 bridgehead atoms. The van der Waals surface area contributed by atoms with Gasteiger partial charge in [-0.2, -0.15) is 0 Å². The smallest absolute Gasteiger partial charge is 0.0385 e. The fourth-order valence-electron chi connectivity index (χ4n) is 2.52. The molecular formula is C17H27N. The minimum absolute atomic E-state index is 0.863. The Hall–Kier alpha value is -1.50. The van der Waals surface area contributed by atoms with Gasteiger partial charge in [-0.15, -0.1) is 0 Å². The van der Waals surface area contributed by atoms with Crippen LogP contribution in [0.2, 0.25) is 0 Å². The van der Waals surface area contributed by atoms with E-state index in [1.165, 1.54) is 16.7 Å². The van der Waals surface area contributed by atoms with Crippen LogP contribution in [-0.4, -0.2) is 0 Å². The summed E-state index contributed by atoms with van der Waals surface area (Å²) in [5, 5.41) is 0. The number of rotatable bonds is 2. The average Bonchev–Trinajstić information content (AvgIpc) is 2.28. The standard InChI is InChI=1S/C15H21N.C2H6/c1-8(2)13-10(5)14(9(3)4)12(7)15(16)11(13)6;1-2/h1,3,16H2,2,4-7H3;1-2H3. The monoisotopic (exact) mass is 245 g/mol. The SMILES string of the molecule is C=C(C)c1c(C)c(N)c(C)c(C(=C)C)c1C.CC.